The predicted molar refractivity (Wildman–Crippen MR) is 87.5 cm³/mol. The van der Waals surface area contributed by atoms with Crippen molar-refractivity contribution in [2.75, 3.05) is 37.0 Å². The fourth-order valence-electron chi connectivity index (χ4n) is 1.85. The van der Waals surface area contributed by atoms with E-state index in [-0.39, 0.29) is 0 Å². The molecule has 17 heavy (non-hydrogen) atoms. The van der Waals surface area contributed by atoms with Gasteiger partial charge >= 0.3 is 131 Å². The van der Waals surface area contributed by atoms with Crippen LogP contribution < -0.4 is 0 Å². The molecule has 118 valence electrons. The molecule has 0 saturated heterocycles. The van der Waals surface area contributed by atoms with Crippen LogP contribution in [0.3, 0.4) is 0 Å². The second-order valence-electron chi connectivity index (χ2n) is 4.42. The summed E-state index contributed by atoms with van der Waals surface area (Å²) in [5.74, 6) is 0. The molecule has 0 aromatic carbocycles. The summed E-state index contributed by atoms with van der Waals surface area (Å²) in [4.78, 5) is 0. The van der Waals surface area contributed by atoms with Gasteiger partial charge in [0.1, 0.15) is 0 Å². The van der Waals surface area contributed by atoms with Crippen LogP contribution >= 0.6 is 17.0 Å². The van der Waals surface area contributed by atoms with Crippen LogP contribution in [-0.4, -0.2) is 37.0 Å². The zero-order valence-electron chi connectivity index (χ0n) is 12.3. The summed E-state index contributed by atoms with van der Waals surface area (Å²) in [6, 6.07) is 0. The van der Waals surface area contributed by atoms with Gasteiger partial charge in [0, 0.05) is 0 Å². The van der Waals surface area contributed by atoms with Gasteiger partial charge in [-0.2, -0.15) is 0 Å². The average Bonchev–Trinajstić information content (AvgIpc) is 2.41. The van der Waals surface area contributed by atoms with E-state index < -0.39 is 10.3 Å². The molecule has 0 aromatic rings. The first-order chi connectivity index (χ1) is 8.07. The van der Waals surface area contributed by atoms with Crippen LogP contribution in [-0.2, 0) is 35.8 Å². The summed E-state index contributed by atoms with van der Waals surface area (Å²) in [5, 5.41) is -1.50. The molecule has 0 heterocycles. The summed E-state index contributed by atoms with van der Waals surface area (Å²) >= 11 is 1.29. The third-order valence-corrected chi connectivity index (χ3v) is 66.3. The number of hydrogen-bond acceptors (Lipinski definition) is 1. The second-order valence-corrected chi connectivity index (χ2v) is 43.1. The van der Waals surface area contributed by atoms with Gasteiger partial charge in [-0.05, 0) is 0 Å². The van der Waals surface area contributed by atoms with Gasteiger partial charge in [0.2, 0.25) is 0 Å². The SMILES string of the molecule is CC[PH](CC)(CC)[Au][S][Au][PH](CC)(CC)CC. The van der Waals surface area contributed by atoms with Crippen LogP contribution in [0.2, 0.25) is 0 Å². The van der Waals surface area contributed by atoms with Gasteiger partial charge < -0.3 is 0 Å². The summed E-state index contributed by atoms with van der Waals surface area (Å²) in [6.45, 7) is 17.3. The zero-order chi connectivity index (χ0) is 13.4. The first-order valence-corrected chi connectivity index (χ1v) is 24.1. The Morgan fingerprint density at radius 3 is 1.00 bits per heavy atom. The van der Waals surface area contributed by atoms with Crippen molar-refractivity contribution >= 4 is 17.0 Å². The van der Waals surface area contributed by atoms with E-state index >= 15 is 0 Å². The maximum atomic E-state index is 2.53. The van der Waals surface area contributed by atoms with Gasteiger partial charge in [-0.3, -0.25) is 0 Å². The van der Waals surface area contributed by atoms with Crippen molar-refractivity contribution in [3.63, 3.8) is 0 Å². The van der Waals surface area contributed by atoms with E-state index in [1.54, 1.807) is 37.0 Å². The third kappa shape index (κ3) is 6.33. The van der Waals surface area contributed by atoms with Crippen molar-refractivity contribution in [1.29, 1.82) is 0 Å². The van der Waals surface area contributed by atoms with E-state index in [9.17, 15) is 0 Å². The van der Waals surface area contributed by atoms with Gasteiger partial charge in [0.15, 0.2) is 0 Å². The van der Waals surface area contributed by atoms with E-state index in [2.05, 4.69) is 48.2 Å². The van der Waals surface area contributed by atoms with Crippen LogP contribution in [0.15, 0.2) is 0 Å². The maximum absolute atomic E-state index is 2.53. The minimum absolute atomic E-state index is 0.644. The molecule has 0 amide bonds. The Labute approximate surface area is 130 Å². The van der Waals surface area contributed by atoms with Gasteiger partial charge in [-0.25, -0.2) is 0 Å². The van der Waals surface area contributed by atoms with E-state index in [1.807, 2.05) is 0 Å². The molecule has 0 aliphatic carbocycles. The van der Waals surface area contributed by atoms with Crippen molar-refractivity contribution in [2.45, 2.75) is 41.5 Å². The zero-order valence-corrected chi connectivity index (χ0v) is 19.4. The normalized spacial score (nSPS) is 15.4. The monoisotopic (exact) mass is 664 g/mol. The van der Waals surface area contributed by atoms with E-state index in [0.717, 1.165) is 0 Å². The molecule has 0 aliphatic rings. The number of rotatable bonds is 10. The molecular formula is C12H32Au2P2S. The molecule has 0 nitrogen and oxygen atoms in total. The fourth-order valence-corrected chi connectivity index (χ4v) is 88.0. The molecule has 0 aromatic heterocycles. The molecule has 0 rings (SSSR count). The Bertz CT molecular complexity index is 158. The first-order valence-electron chi connectivity index (χ1n) is 6.91. The van der Waals surface area contributed by atoms with Crippen molar-refractivity contribution in [3.8, 4) is 0 Å². The van der Waals surface area contributed by atoms with Crippen LogP contribution in [0.1, 0.15) is 41.5 Å². The summed E-state index contributed by atoms with van der Waals surface area (Å²) in [6.07, 6.45) is 9.30. The Morgan fingerprint density at radius 2 is 0.824 bits per heavy atom. The molecule has 0 aliphatic heterocycles. The quantitative estimate of drug-likeness (QED) is 0.230. The molecular weight excluding hydrogens is 632 g/mol. The summed E-state index contributed by atoms with van der Waals surface area (Å²) < 4.78 is 0. The summed E-state index contributed by atoms with van der Waals surface area (Å²) in [7, 11) is 0. The second kappa shape index (κ2) is 10.4. The van der Waals surface area contributed by atoms with E-state index in [1.165, 1.54) is 0 Å². The van der Waals surface area contributed by atoms with Crippen molar-refractivity contribution < 1.29 is 35.8 Å². The molecule has 0 radical (unpaired) electrons. The Hall–Kier alpha value is 2.69. The molecule has 0 unspecified atom stereocenters. The minimum atomic E-state index is -0.749. The number of hydrogen-bond donors (Lipinski definition) is 0. The van der Waals surface area contributed by atoms with Gasteiger partial charge in [0.25, 0.3) is 0 Å². The summed E-state index contributed by atoms with van der Waals surface area (Å²) in [5.41, 5.74) is 0. The van der Waals surface area contributed by atoms with Crippen molar-refractivity contribution in [2.24, 2.45) is 0 Å². The molecule has 0 saturated carbocycles. The van der Waals surface area contributed by atoms with E-state index in [0.29, 0.717) is 35.8 Å². The molecule has 0 N–H and O–H groups in total. The van der Waals surface area contributed by atoms with Gasteiger partial charge in [0.05, 0.1) is 0 Å². The fraction of sp³-hybridized carbons (Fsp3) is 1.00. The topological polar surface area (TPSA) is 0 Å². The Morgan fingerprint density at radius 1 is 0.588 bits per heavy atom. The predicted octanol–water partition coefficient (Wildman–Crippen LogP) is 5.16. The van der Waals surface area contributed by atoms with Crippen LogP contribution in [0.5, 0.6) is 0 Å². The molecule has 0 spiro atoms. The molecule has 0 bridgehead atoms. The van der Waals surface area contributed by atoms with Crippen molar-refractivity contribution in [3.05, 3.63) is 0 Å². The Kier molecular flexibility index (Phi) is 12.1. The van der Waals surface area contributed by atoms with E-state index in [4.69, 9.17) is 0 Å². The van der Waals surface area contributed by atoms with Crippen molar-refractivity contribution in [1.82, 2.24) is 0 Å². The van der Waals surface area contributed by atoms with Crippen LogP contribution in [0.25, 0.3) is 0 Å². The van der Waals surface area contributed by atoms with Gasteiger partial charge in [-0.1, -0.05) is 0 Å². The first kappa shape index (κ1) is 19.7. The van der Waals surface area contributed by atoms with Gasteiger partial charge in [-0.15, -0.1) is 0 Å². The molecule has 5 heteroatoms. The van der Waals surface area contributed by atoms with Crippen LogP contribution in [0, 0.1) is 0 Å². The molecule has 0 atom stereocenters. The third-order valence-electron chi connectivity index (χ3n) is 3.94. The van der Waals surface area contributed by atoms with Crippen LogP contribution in [0.4, 0.5) is 0 Å². The molecule has 0 fully saturated rings. The standard InChI is InChI=1S/2C6H15P.2Au.S/c2*1-4-7(5-2)6-3;;;/h2*4-6H2,1-3H3;;;/q;;2*-1;/p+2. The average molecular weight is 664 g/mol. The Balaban J connectivity index is 4.28.